The van der Waals surface area contributed by atoms with Gasteiger partial charge in [0.1, 0.15) is 0 Å². The van der Waals surface area contributed by atoms with E-state index in [4.69, 9.17) is 16.3 Å². The van der Waals surface area contributed by atoms with Crippen LogP contribution in [0.4, 0.5) is 24.5 Å². The fraction of sp³-hybridized carbons (Fsp3) is 0.333. The van der Waals surface area contributed by atoms with Crippen LogP contribution in [-0.2, 0) is 10.9 Å². The molecule has 2 N–H and O–H groups in total. The molecule has 144 valence electrons. The number of hydrogen-bond acceptors (Lipinski definition) is 4. The van der Waals surface area contributed by atoms with Gasteiger partial charge in [-0.3, -0.25) is 9.78 Å². The van der Waals surface area contributed by atoms with Crippen LogP contribution in [0.3, 0.4) is 0 Å². The SMILES string of the molecule is O=C(NCC1CCCO1)c1cncc(Nc2ccc(Cl)cc2C(F)(F)F)c1. The third-order valence-electron chi connectivity index (χ3n) is 4.08. The first-order valence-electron chi connectivity index (χ1n) is 8.31. The van der Waals surface area contributed by atoms with E-state index in [1.807, 2.05) is 0 Å². The van der Waals surface area contributed by atoms with Gasteiger partial charge in [-0.2, -0.15) is 13.2 Å². The lowest BCUT2D eigenvalue weighted by atomic mass is 10.1. The molecule has 1 unspecified atom stereocenters. The third kappa shape index (κ3) is 5.11. The average molecular weight is 400 g/mol. The van der Waals surface area contributed by atoms with Crippen LogP contribution in [-0.4, -0.2) is 30.1 Å². The molecule has 5 nitrogen and oxygen atoms in total. The number of amides is 1. The number of aromatic nitrogens is 1. The van der Waals surface area contributed by atoms with Gasteiger partial charge in [0.25, 0.3) is 5.91 Å². The van der Waals surface area contributed by atoms with Gasteiger partial charge >= 0.3 is 6.18 Å². The Hall–Kier alpha value is -2.32. The molecule has 1 aliphatic rings. The van der Waals surface area contributed by atoms with Gasteiger partial charge in [0, 0.05) is 24.4 Å². The molecule has 2 aromatic rings. The molecule has 9 heteroatoms. The van der Waals surface area contributed by atoms with Gasteiger partial charge in [0.05, 0.1) is 34.8 Å². The first-order valence-corrected chi connectivity index (χ1v) is 8.69. The molecule has 1 amide bonds. The van der Waals surface area contributed by atoms with E-state index in [1.165, 1.54) is 30.6 Å². The second-order valence-electron chi connectivity index (χ2n) is 6.12. The summed E-state index contributed by atoms with van der Waals surface area (Å²) in [5.74, 6) is -0.367. The molecule has 1 aromatic carbocycles. The molecule has 1 atom stereocenters. The van der Waals surface area contributed by atoms with Gasteiger partial charge in [0.15, 0.2) is 0 Å². The number of benzene rings is 1. The molecule has 1 saturated heterocycles. The highest BCUT2D eigenvalue weighted by Crippen LogP contribution is 2.37. The molecule has 0 aliphatic carbocycles. The monoisotopic (exact) mass is 399 g/mol. The minimum atomic E-state index is -4.57. The van der Waals surface area contributed by atoms with Crippen molar-refractivity contribution in [3.8, 4) is 0 Å². The Morgan fingerprint density at radius 2 is 2.11 bits per heavy atom. The molecule has 1 aliphatic heterocycles. The van der Waals surface area contributed by atoms with Crippen LogP contribution in [0, 0.1) is 0 Å². The predicted octanol–water partition coefficient (Wildman–Crippen LogP) is 4.41. The summed E-state index contributed by atoms with van der Waals surface area (Å²) in [4.78, 5) is 16.2. The smallest absolute Gasteiger partial charge is 0.376 e. The molecule has 0 bridgehead atoms. The highest BCUT2D eigenvalue weighted by molar-refractivity contribution is 6.30. The van der Waals surface area contributed by atoms with E-state index in [2.05, 4.69) is 15.6 Å². The Labute approximate surface area is 158 Å². The van der Waals surface area contributed by atoms with Crippen molar-refractivity contribution in [3.63, 3.8) is 0 Å². The Morgan fingerprint density at radius 3 is 2.81 bits per heavy atom. The number of carbonyl (C=O) groups is 1. The highest BCUT2D eigenvalue weighted by atomic mass is 35.5. The second kappa shape index (κ2) is 8.14. The van der Waals surface area contributed by atoms with Crippen LogP contribution in [0.2, 0.25) is 5.02 Å². The molecule has 27 heavy (non-hydrogen) atoms. The number of rotatable bonds is 5. The summed E-state index contributed by atoms with van der Waals surface area (Å²) in [7, 11) is 0. The normalized spacial score (nSPS) is 17.0. The number of pyridine rings is 1. The van der Waals surface area contributed by atoms with E-state index in [1.54, 1.807) is 0 Å². The summed E-state index contributed by atoms with van der Waals surface area (Å²) in [6.45, 7) is 1.07. The lowest BCUT2D eigenvalue weighted by molar-refractivity contribution is -0.136. The lowest BCUT2D eigenvalue weighted by Gasteiger charge is -2.15. The summed E-state index contributed by atoms with van der Waals surface area (Å²) < 4.78 is 45.0. The lowest BCUT2D eigenvalue weighted by Crippen LogP contribution is -2.31. The number of alkyl halides is 3. The number of nitrogens with one attached hydrogen (secondary N) is 2. The Kier molecular flexibility index (Phi) is 5.86. The van der Waals surface area contributed by atoms with E-state index >= 15 is 0 Å². The number of hydrogen-bond donors (Lipinski definition) is 2. The average Bonchev–Trinajstić information content (AvgIpc) is 3.14. The number of anilines is 2. The fourth-order valence-electron chi connectivity index (χ4n) is 2.76. The first-order chi connectivity index (χ1) is 12.8. The third-order valence-corrected chi connectivity index (χ3v) is 4.32. The molecular weight excluding hydrogens is 383 g/mol. The number of halogens is 4. The minimum absolute atomic E-state index is 0.00775. The Morgan fingerprint density at radius 1 is 1.30 bits per heavy atom. The van der Waals surface area contributed by atoms with Crippen molar-refractivity contribution in [3.05, 3.63) is 52.8 Å². The zero-order valence-corrected chi connectivity index (χ0v) is 14.9. The van der Waals surface area contributed by atoms with Crippen LogP contribution in [0.1, 0.15) is 28.8 Å². The highest BCUT2D eigenvalue weighted by Gasteiger charge is 2.33. The predicted molar refractivity (Wildman–Crippen MR) is 95.3 cm³/mol. The molecule has 1 fully saturated rings. The molecular formula is C18H17ClF3N3O2. The Balaban J connectivity index is 1.73. The molecule has 0 radical (unpaired) electrons. The van der Waals surface area contributed by atoms with Crippen molar-refractivity contribution in [2.45, 2.75) is 25.1 Å². The van der Waals surface area contributed by atoms with E-state index in [9.17, 15) is 18.0 Å². The number of carbonyl (C=O) groups excluding carboxylic acids is 1. The van der Waals surface area contributed by atoms with Crippen molar-refractivity contribution < 1.29 is 22.7 Å². The van der Waals surface area contributed by atoms with Crippen LogP contribution in [0.15, 0.2) is 36.7 Å². The zero-order valence-electron chi connectivity index (χ0n) is 14.1. The van der Waals surface area contributed by atoms with E-state index in [0.717, 1.165) is 18.9 Å². The molecule has 3 rings (SSSR count). The standard InChI is InChI=1S/C18H17ClF3N3O2/c19-12-3-4-16(15(7-12)18(20,21)22)25-13-6-11(8-23-9-13)17(26)24-10-14-2-1-5-27-14/h3-4,6-9,14,25H,1-2,5,10H2,(H,24,26). The zero-order chi connectivity index (χ0) is 19.4. The molecule has 1 aromatic heterocycles. The quantitative estimate of drug-likeness (QED) is 0.782. The first kappa shape index (κ1) is 19.4. The van der Waals surface area contributed by atoms with Crippen molar-refractivity contribution in [1.82, 2.24) is 10.3 Å². The maximum atomic E-state index is 13.2. The summed E-state index contributed by atoms with van der Waals surface area (Å²) in [6, 6.07) is 4.86. The van der Waals surface area contributed by atoms with E-state index in [-0.39, 0.29) is 34.0 Å². The van der Waals surface area contributed by atoms with Crippen molar-refractivity contribution in [2.75, 3.05) is 18.5 Å². The van der Waals surface area contributed by atoms with Crippen LogP contribution >= 0.6 is 11.6 Å². The van der Waals surface area contributed by atoms with Gasteiger partial charge in [0.2, 0.25) is 0 Å². The topological polar surface area (TPSA) is 63.2 Å². The maximum Gasteiger partial charge on any atom is 0.418 e. The van der Waals surface area contributed by atoms with Gasteiger partial charge in [-0.15, -0.1) is 0 Å². The number of ether oxygens (including phenoxy) is 1. The van der Waals surface area contributed by atoms with E-state index < -0.39 is 11.7 Å². The van der Waals surface area contributed by atoms with Crippen LogP contribution in [0.25, 0.3) is 0 Å². The van der Waals surface area contributed by atoms with Crippen molar-refractivity contribution >= 4 is 28.9 Å². The minimum Gasteiger partial charge on any atom is -0.376 e. The number of nitrogens with zero attached hydrogens (tertiary/aromatic N) is 1. The molecule has 0 saturated carbocycles. The summed E-state index contributed by atoms with van der Waals surface area (Å²) >= 11 is 5.68. The summed E-state index contributed by atoms with van der Waals surface area (Å²) in [6.07, 6.45) is -0.0433. The van der Waals surface area contributed by atoms with Crippen molar-refractivity contribution in [1.29, 1.82) is 0 Å². The largest absolute Gasteiger partial charge is 0.418 e. The summed E-state index contributed by atoms with van der Waals surface area (Å²) in [5, 5.41) is 5.38. The Bertz CT molecular complexity index is 824. The van der Waals surface area contributed by atoms with Gasteiger partial charge < -0.3 is 15.4 Å². The summed E-state index contributed by atoms with van der Waals surface area (Å²) in [5.41, 5.74) is -0.582. The fourth-order valence-corrected chi connectivity index (χ4v) is 2.93. The van der Waals surface area contributed by atoms with Crippen LogP contribution < -0.4 is 10.6 Å². The van der Waals surface area contributed by atoms with Gasteiger partial charge in [-0.05, 0) is 37.1 Å². The van der Waals surface area contributed by atoms with Crippen molar-refractivity contribution in [2.24, 2.45) is 0 Å². The van der Waals surface area contributed by atoms with E-state index in [0.29, 0.717) is 13.2 Å². The molecule has 0 spiro atoms. The van der Waals surface area contributed by atoms with Gasteiger partial charge in [-0.25, -0.2) is 0 Å². The van der Waals surface area contributed by atoms with Crippen LogP contribution in [0.5, 0.6) is 0 Å². The van der Waals surface area contributed by atoms with Gasteiger partial charge in [-0.1, -0.05) is 11.6 Å². The second-order valence-corrected chi connectivity index (χ2v) is 6.56. The molecule has 2 heterocycles. The maximum absolute atomic E-state index is 13.2.